The first kappa shape index (κ1) is 9.36. The van der Waals surface area contributed by atoms with Crippen molar-refractivity contribution in [2.75, 3.05) is 19.5 Å². The van der Waals surface area contributed by atoms with E-state index in [2.05, 4.69) is 6.92 Å². The molecule has 0 amide bonds. The molecule has 11 heavy (non-hydrogen) atoms. The molecule has 0 aliphatic carbocycles. The lowest BCUT2D eigenvalue weighted by atomic mass is 9.97. The summed E-state index contributed by atoms with van der Waals surface area (Å²) in [5.41, 5.74) is 5.98. The molecule has 1 rings (SSSR count). The number of hydrogen-bond donors (Lipinski definition) is 1. The van der Waals surface area contributed by atoms with Gasteiger partial charge in [0.1, 0.15) is 0 Å². The van der Waals surface area contributed by atoms with Crippen LogP contribution in [-0.4, -0.2) is 30.3 Å². The summed E-state index contributed by atoms with van der Waals surface area (Å²) in [6.45, 7) is 2.93. The lowest BCUT2D eigenvalue weighted by molar-refractivity contribution is 0.167. The molecule has 2 nitrogen and oxygen atoms in total. The van der Waals surface area contributed by atoms with E-state index in [1.807, 2.05) is 11.8 Å². The summed E-state index contributed by atoms with van der Waals surface area (Å²) >= 11 is 1.99. The second-order valence-electron chi connectivity index (χ2n) is 3.33. The highest BCUT2D eigenvalue weighted by Crippen LogP contribution is 2.39. The van der Waals surface area contributed by atoms with E-state index in [9.17, 15) is 0 Å². The predicted octanol–water partition coefficient (Wildman–Crippen LogP) is 1.25. The lowest BCUT2D eigenvalue weighted by Crippen LogP contribution is -2.44. The third kappa shape index (κ3) is 2.10. The van der Waals surface area contributed by atoms with Gasteiger partial charge in [-0.15, -0.1) is 0 Å². The SMILES string of the molecule is COCC(N)C1(C)CCCS1. The van der Waals surface area contributed by atoms with Gasteiger partial charge >= 0.3 is 0 Å². The third-order valence-corrected chi connectivity index (χ3v) is 4.04. The Bertz CT molecular complexity index is 123. The molecular weight excluding hydrogens is 158 g/mol. The minimum absolute atomic E-state index is 0.194. The number of thioether (sulfide) groups is 1. The van der Waals surface area contributed by atoms with E-state index in [0.29, 0.717) is 6.61 Å². The molecule has 0 aromatic heterocycles. The highest BCUT2D eigenvalue weighted by molar-refractivity contribution is 8.00. The van der Waals surface area contributed by atoms with E-state index in [-0.39, 0.29) is 10.8 Å². The van der Waals surface area contributed by atoms with Gasteiger partial charge in [0.25, 0.3) is 0 Å². The minimum atomic E-state index is 0.194. The molecular formula is C8H17NOS. The van der Waals surface area contributed by atoms with Gasteiger partial charge < -0.3 is 10.5 Å². The van der Waals surface area contributed by atoms with Crippen LogP contribution in [0, 0.1) is 0 Å². The standard InChI is InChI=1S/C8H17NOS/c1-8(4-3-5-11-8)7(9)6-10-2/h7H,3-6,9H2,1-2H3. The van der Waals surface area contributed by atoms with Gasteiger partial charge in [0, 0.05) is 17.9 Å². The van der Waals surface area contributed by atoms with Crippen LogP contribution in [0.3, 0.4) is 0 Å². The van der Waals surface area contributed by atoms with E-state index in [1.165, 1.54) is 18.6 Å². The molecule has 66 valence electrons. The van der Waals surface area contributed by atoms with E-state index >= 15 is 0 Å². The Kier molecular flexibility index (Phi) is 3.22. The molecule has 0 saturated carbocycles. The summed E-state index contributed by atoms with van der Waals surface area (Å²) < 4.78 is 5.32. The van der Waals surface area contributed by atoms with Crippen LogP contribution < -0.4 is 5.73 Å². The number of rotatable bonds is 3. The smallest absolute Gasteiger partial charge is 0.0627 e. The lowest BCUT2D eigenvalue weighted by Gasteiger charge is -2.29. The molecule has 0 spiro atoms. The van der Waals surface area contributed by atoms with Crippen LogP contribution in [0.1, 0.15) is 19.8 Å². The van der Waals surface area contributed by atoms with Gasteiger partial charge in [-0.2, -0.15) is 11.8 Å². The topological polar surface area (TPSA) is 35.2 Å². The van der Waals surface area contributed by atoms with Gasteiger partial charge in [0.2, 0.25) is 0 Å². The van der Waals surface area contributed by atoms with Crippen LogP contribution in [0.25, 0.3) is 0 Å². The van der Waals surface area contributed by atoms with Crippen LogP contribution >= 0.6 is 11.8 Å². The van der Waals surface area contributed by atoms with E-state index < -0.39 is 0 Å². The van der Waals surface area contributed by atoms with Crippen LogP contribution in [0.2, 0.25) is 0 Å². The third-order valence-electron chi connectivity index (χ3n) is 2.38. The fraction of sp³-hybridized carbons (Fsp3) is 1.00. The summed E-state index contributed by atoms with van der Waals surface area (Å²) in [5.74, 6) is 1.26. The summed E-state index contributed by atoms with van der Waals surface area (Å²) in [6.07, 6.45) is 2.54. The number of ether oxygens (including phenoxy) is 1. The van der Waals surface area contributed by atoms with Gasteiger partial charge in [-0.3, -0.25) is 0 Å². The maximum atomic E-state index is 5.98. The Hall–Kier alpha value is 0.270. The van der Waals surface area contributed by atoms with E-state index in [1.54, 1.807) is 7.11 Å². The average molecular weight is 175 g/mol. The molecule has 0 radical (unpaired) electrons. The maximum absolute atomic E-state index is 5.98. The van der Waals surface area contributed by atoms with Gasteiger partial charge in [0.15, 0.2) is 0 Å². The normalized spacial score (nSPS) is 34.1. The second kappa shape index (κ2) is 3.78. The zero-order valence-corrected chi connectivity index (χ0v) is 8.12. The molecule has 0 aromatic carbocycles. The Morgan fingerprint density at radius 2 is 2.45 bits per heavy atom. The molecule has 1 aliphatic heterocycles. The zero-order valence-electron chi connectivity index (χ0n) is 7.30. The molecule has 1 saturated heterocycles. The maximum Gasteiger partial charge on any atom is 0.0627 e. The molecule has 1 fully saturated rings. The Balaban J connectivity index is 2.42. The van der Waals surface area contributed by atoms with Crippen molar-refractivity contribution in [1.82, 2.24) is 0 Å². The first-order valence-corrected chi connectivity index (χ1v) is 5.06. The largest absolute Gasteiger partial charge is 0.383 e. The molecule has 2 unspecified atom stereocenters. The van der Waals surface area contributed by atoms with Crippen molar-refractivity contribution in [2.24, 2.45) is 5.73 Å². The molecule has 1 heterocycles. The molecule has 1 aliphatic rings. The van der Waals surface area contributed by atoms with E-state index in [4.69, 9.17) is 10.5 Å². The van der Waals surface area contributed by atoms with Gasteiger partial charge in [0.05, 0.1) is 6.61 Å². The molecule has 0 aromatic rings. The van der Waals surface area contributed by atoms with Crippen molar-refractivity contribution in [2.45, 2.75) is 30.6 Å². The fourth-order valence-electron chi connectivity index (χ4n) is 1.45. The second-order valence-corrected chi connectivity index (χ2v) is 4.96. The quantitative estimate of drug-likeness (QED) is 0.701. The first-order valence-electron chi connectivity index (χ1n) is 4.07. The first-order chi connectivity index (χ1) is 5.19. The number of nitrogens with two attached hydrogens (primary N) is 1. The molecule has 3 heteroatoms. The summed E-state index contributed by atoms with van der Waals surface area (Å²) in [5, 5.41) is 0. The van der Waals surface area contributed by atoms with Crippen molar-refractivity contribution in [3.05, 3.63) is 0 Å². The van der Waals surface area contributed by atoms with E-state index in [0.717, 1.165) is 0 Å². The van der Waals surface area contributed by atoms with Crippen molar-refractivity contribution in [1.29, 1.82) is 0 Å². The van der Waals surface area contributed by atoms with Crippen LogP contribution in [0.15, 0.2) is 0 Å². The Labute approximate surface area is 72.9 Å². The molecule has 2 N–H and O–H groups in total. The van der Waals surface area contributed by atoms with Crippen molar-refractivity contribution in [3.8, 4) is 0 Å². The minimum Gasteiger partial charge on any atom is -0.383 e. The Morgan fingerprint density at radius 3 is 2.91 bits per heavy atom. The summed E-state index contributed by atoms with van der Waals surface area (Å²) in [6, 6.07) is 0.194. The van der Waals surface area contributed by atoms with Crippen molar-refractivity contribution < 1.29 is 4.74 Å². The monoisotopic (exact) mass is 175 g/mol. The molecule has 0 bridgehead atoms. The van der Waals surface area contributed by atoms with Crippen molar-refractivity contribution >= 4 is 11.8 Å². The van der Waals surface area contributed by atoms with Crippen LogP contribution in [-0.2, 0) is 4.74 Å². The highest BCUT2D eigenvalue weighted by Gasteiger charge is 2.35. The Morgan fingerprint density at radius 1 is 1.73 bits per heavy atom. The van der Waals surface area contributed by atoms with Gasteiger partial charge in [-0.1, -0.05) is 0 Å². The molecule has 2 atom stereocenters. The predicted molar refractivity (Wildman–Crippen MR) is 49.9 cm³/mol. The van der Waals surface area contributed by atoms with Crippen molar-refractivity contribution in [3.63, 3.8) is 0 Å². The zero-order chi connectivity index (χ0) is 8.32. The van der Waals surface area contributed by atoms with Gasteiger partial charge in [-0.25, -0.2) is 0 Å². The number of hydrogen-bond acceptors (Lipinski definition) is 3. The number of methoxy groups -OCH3 is 1. The highest BCUT2D eigenvalue weighted by atomic mass is 32.2. The van der Waals surface area contributed by atoms with Crippen LogP contribution in [0.4, 0.5) is 0 Å². The summed E-state index contributed by atoms with van der Waals surface area (Å²) in [4.78, 5) is 0. The summed E-state index contributed by atoms with van der Waals surface area (Å²) in [7, 11) is 1.71. The van der Waals surface area contributed by atoms with Crippen LogP contribution in [0.5, 0.6) is 0 Å². The fourth-order valence-corrected chi connectivity index (χ4v) is 2.77. The van der Waals surface area contributed by atoms with Gasteiger partial charge in [-0.05, 0) is 25.5 Å². The average Bonchev–Trinajstić information content (AvgIpc) is 2.38.